The maximum Gasteiger partial charge on any atom is 0.336 e. The quantitative estimate of drug-likeness (QED) is 0.574. The van der Waals surface area contributed by atoms with Crippen LogP contribution < -0.4 is 5.63 Å². The van der Waals surface area contributed by atoms with E-state index in [1.807, 2.05) is 13.8 Å². The Morgan fingerprint density at radius 1 is 1.41 bits per heavy atom. The summed E-state index contributed by atoms with van der Waals surface area (Å²) in [5.41, 5.74) is 1.19. The molecule has 2 fully saturated rings. The minimum Gasteiger partial charge on any atom is -0.459 e. The van der Waals surface area contributed by atoms with Crippen LogP contribution >= 0.6 is 23.4 Å². The van der Waals surface area contributed by atoms with Gasteiger partial charge in [0.25, 0.3) is 0 Å². The normalized spacial score (nSPS) is 24.5. The van der Waals surface area contributed by atoms with Gasteiger partial charge in [0.15, 0.2) is 0 Å². The molecule has 0 aliphatic carbocycles. The van der Waals surface area contributed by atoms with Crippen molar-refractivity contribution in [3.63, 3.8) is 0 Å². The molecule has 4 rings (SSSR count). The number of carbonyl (C=O) groups is 2. The fourth-order valence-electron chi connectivity index (χ4n) is 3.71. The first kappa shape index (κ1) is 18.4. The van der Waals surface area contributed by atoms with Crippen molar-refractivity contribution in [3.05, 3.63) is 44.8 Å². The summed E-state index contributed by atoms with van der Waals surface area (Å²) < 4.78 is 10.7. The van der Waals surface area contributed by atoms with Crippen LogP contribution in [0.5, 0.6) is 0 Å². The number of esters is 1. The molecule has 1 amide bonds. The number of halogens is 1. The molecule has 8 heteroatoms. The van der Waals surface area contributed by atoms with Gasteiger partial charge < -0.3 is 14.1 Å². The summed E-state index contributed by atoms with van der Waals surface area (Å²) in [6.45, 7) is 3.71. The van der Waals surface area contributed by atoms with Crippen LogP contribution in [0.25, 0.3) is 11.0 Å². The van der Waals surface area contributed by atoms with Gasteiger partial charge in [-0.05, 0) is 38.0 Å². The molecule has 2 atom stereocenters. The number of ether oxygens (including phenoxy) is 1. The third-order valence-corrected chi connectivity index (χ3v) is 7.11. The molecule has 1 aromatic carbocycles. The summed E-state index contributed by atoms with van der Waals surface area (Å²) in [6, 6.07) is 4.10. The highest BCUT2D eigenvalue weighted by molar-refractivity contribution is 8.01. The molecule has 0 radical (unpaired) electrons. The van der Waals surface area contributed by atoms with E-state index in [1.54, 1.807) is 28.8 Å². The monoisotopic (exact) mass is 407 g/mol. The van der Waals surface area contributed by atoms with Crippen LogP contribution in [0.3, 0.4) is 0 Å². The molecule has 2 saturated heterocycles. The van der Waals surface area contributed by atoms with Gasteiger partial charge in [0.05, 0.1) is 4.87 Å². The van der Waals surface area contributed by atoms with Crippen LogP contribution in [0, 0.1) is 6.92 Å². The summed E-state index contributed by atoms with van der Waals surface area (Å²) in [6.07, 6.45) is 1.19. The van der Waals surface area contributed by atoms with Crippen LogP contribution in [0.2, 0.25) is 5.02 Å². The minimum atomic E-state index is -0.591. The van der Waals surface area contributed by atoms with E-state index in [4.69, 9.17) is 20.8 Å². The van der Waals surface area contributed by atoms with E-state index in [2.05, 4.69) is 0 Å². The van der Waals surface area contributed by atoms with Gasteiger partial charge in [0.2, 0.25) is 5.91 Å². The molecule has 27 heavy (non-hydrogen) atoms. The van der Waals surface area contributed by atoms with Gasteiger partial charge in [0.1, 0.15) is 18.2 Å². The van der Waals surface area contributed by atoms with Gasteiger partial charge in [0, 0.05) is 34.2 Å². The maximum atomic E-state index is 12.6. The highest BCUT2D eigenvalue weighted by atomic mass is 35.5. The van der Waals surface area contributed by atoms with Crippen molar-refractivity contribution in [3.8, 4) is 0 Å². The van der Waals surface area contributed by atoms with Crippen molar-refractivity contribution in [1.29, 1.82) is 0 Å². The Bertz CT molecular complexity index is 1020. The standard InChI is InChI=1S/C19H18ClNO5S/c1-10-5-15-12(7-13(10)20)11(6-17(23)26-15)8-25-18(24)14-9-27-19(2)4-3-16(22)21(14)19/h5-7,14H,3-4,8-9H2,1-2H3/t14-,19+/m1/s1. The number of benzene rings is 1. The van der Waals surface area contributed by atoms with E-state index in [9.17, 15) is 14.4 Å². The molecule has 0 N–H and O–H groups in total. The summed E-state index contributed by atoms with van der Waals surface area (Å²) in [5, 5.41) is 1.16. The molecular weight excluding hydrogens is 390 g/mol. The van der Waals surface area contributed by atoms with Crippen LogP contribution in [0.4, 0.5) is 0 Å². The lowest BCUT2D eigenvalue weighted by molar-refractivity contribution is -0.154. The predicted octanol–water partition coefficient (Wildman–Crippen LogP) is 3.25. The summed E-state index contributed by atoms with van der Waals surface area (Å²) in [4.78, 5) is 38.0. The molecule has 2 aliphatic rings. The fourth-order valence-corrected chi connectivity index (χ4v) is 5.29. The number of amides is 1. The number of carbonyl (C=O) groups excluding carboxylic acids is 2. The van der Waals surface area contributed by atoms with Crippen LogP contribution in [0.1, 0.15) is 30.9 Å². The largest absolute Gasteiger partial charge is 0.459 e. The Hall–Kier alpha value is -1.99. The molecule has 0 saturated carbocycles. The maximum absolute atomic E-state index is 12.6. The Kier molecular flexibility index (Phi) is 4.47. The first-order chi connectivity index (χ1) is 12.8. The number of aryl methyl sites for hydroxylation is 1. The van der Waals surface area contributed by atoms with Gasteiger partial charge in [-0.25, -0.2) is 9.59 Å². The number of hydrogen-bond donors (Lipinski definition) is 0. The first-order valence-electron chi connectivity index (χ1n) is 8.64. The second-order valence-corrected chi connectivity index (χ2v) is 8.97. The number of rotatable bonds is 3. The zero-order chi connectivity index (χ0) is 19.3. The highest BCUT2D eigenvalue weighted by Crippen LogP contribution is 2.47. The van der Waals surface area contributed by atoms with E-state index in [-0.39, 0.29) is 17.4 Å². The molecule has 0 unspecified atom stereocenters. The molecule has 3 heterocycles. The first-order valence-corrected chi connectivity index (χ1v) is 10.0. The predicted molar refractivity (Wildman–Crippen MR) is 103 cm³/mol. The zero-order valence-corrected chi connectivity index (χ0v) is 16.5. The van der Waals surface area contributed by atoms with Crippen LogP contribution in [-0.4, -0.2) is 33.4 Å². The number of fused-ring (bicyclic) bond motifs is 2. The van der Waals surface area contributed by atoms with E-state index in [0.29, 0.717) is 33.7 Å². The Morgan fingerprint density at radius 2 is 2.19 bits per heavy atom. The molecule has 0 spiro atoms. The van der Waals surface area contributed by atoms with Crippen molar-refractivity contribution in [1.82, 2.24) is 4.90 Å². The van der Waals surface area contributed by atoms with Gasteiger partial charge in [-0.2, -0.15) is 0 Å². The third-order valence-electron chi connectivity index (χ3n) is 5.20. The van der Waals surface area contributed by atoms with Gasteiger partial charge >= 0.3 is 11.6 Å². The van der Waals surface area contributed by atoms with Gasteiger partial charge in [-0.1, -0.05) is 11.6 Å². The zero-order valence-electron chi connectivity index (χ0n) is 14.9. The Morgan fingerprint density at radius 3 is 2.96 bits per heavy atom. The molecule has 142 valence electrons. The number of thioether (sulfide) groups is 1. The Labute approximate surface area is 164 Å². The van der Waals surface area contributed by atoms with Crippen LogP contribution in [0.15, 0.2) is 27.4 Å². The van der Waals surface area contributed by atoms with E-state index < -0.39 is 17.6 Å². The average molecular weight is 408 g/mol. The smallest absolute Gasteiger partial charge is 0.336 e. The van der Waals surface area contributed by atoms with Crippen molar-refractivity contribution >= 4 is 46.2 Å². The second kappa shape index (κ2) is 6.56. The van der Waals surface area contributed by atoms with Crippen molar-refractivity contribution in [2.24, 2.45) is 0 Å². The second-order valence-electron chi connectivity index (χ2n) is 7.06. The average Bonchev–Trinajstić information content (AvgIpc) is 3.10. The number of hydrogen-bond acceptors (Lipinski definition) is 6. The summed E-state index contributed by atoms with van der Waals surface area (Å²) in [5.74, 6) is 0.0441. The number of nitrogens with zero attached hydrogens (tertiary/aromatic N) is 1. The van der Waals surface area contributed by atoms with Gasteiger partial charge in [-0.3, -0.25) is 4.79 Å². The SMILES string of the molecule is Cc1cc2oc(=O)cc(COC(=O)[C@H]3CS[C@@]4(C)CCC(=O)N34)c2cc1Cl. The topological polar surface area (TPSA) is 76.8 Å². The van der Waals surface area contributed by atoms with E-state index in [0.717, 1.165) is 12.0 Å². The van der Waals surface area contributed by atoms with E-state index in [1.165, 1.54) is 6.07 Å². The molecule has 6 nitrogen and oxygen atoms in total. The van der Waals surface area contributed by atoms with E-state index >= 15 is 0 Å². The van der Waals surface area contributed by atoms with Crippen molar-refractivity contribution < 1.29 is 18.7 Å². The minimum absolute atomic E-state index is 0.0162. The summed E-state index contributed by atoms with van der Waals surface area (Å²) >= 11 is 7.79. The van der Waals surface area contributed by atoms with Gasteiger partial charge in [-0.15, -0.1) is 11.8 Å². The summed E-state index contributed by atoms with van der Waals surface area (Å²) in [7, 11) is 0. The molecule has 1 aromatic heterocycles. The lowest BCUT2D eigenvalue weighted by Gasteiger charge is -2.29. The molecular formula is C19H18ClNO5S. The van der Waals surface area contributed by atoms with Crippen molar-refractivity contribution in [2.75, 3.05) is 5.75 Å². The third kappa shape index (κ3) is 3.12. The lowest BCUT2D eigenvalue weighted by atomic mass is 10.1. The Balaban J connectivity index is 1.57. The molecule has 2 aliphatic heterocycles. The van der Waals surface area contributed by atoms with Crippen molar-refractivity contribution in [2.45, 2.75) is 44.2 Å². The fraction of sp³-hybridized carbons (Fsp3) is 0.421. The van der Waals surface area contributed by atoms with Crippen LogP contribution in [-0.2, 0) is 20.9 Å². The lowest BCUT2D eigenvalue weighted by Crippen LogP contribution is -2.46. The highest BCUT2D eigenvalue weighted by Gasteiger charge is 2.53. The molecule has 0 bridgehead atoms. The molecule has 2 aromatic rings.